The average molecular weight is 288 g/mol. The standard InChI is InChI=1S/C16H20N2OS/c1-4-12(2)10-18(3)16-17-15(14(11-19)20-16)13-8-6-5-7-9-13/h5-9,11-12H,4,10H2,1-3H3. The van der Waals surface area contributed by atoms with Crippen LogP contribution in [-0.4, -0.2) is 24.9 Å². The maximum absolute atomic E-state index is 11.3. The molecule has 4 heteroatoms. The molecule has 0 aliphatic heterocycles. The first-order valence-electron chi connectivity index (χ1n) is 6.88. The fourth-order valence-electron chi connectivity index (χ4n) is 2.04. The maximum atomic E-state index is 11.3. The first-order valence-corrected chi connectivity index (χ1v) is 7.70. The average Bonchev–Trinajstić information content (AvgIpc) is 2.92. The Morgan fingerprint density at radius 2 is 2.05 bits per heavy atom. The highest BCUT2D eigenvalue weighted by molar-refractivity contribution is 7.17. The molecule has 0 bridgehead atoms. The van der Waals surface area contributed by atoms with Crippen LogP contribution in [0.25, 0.3) is 11.3 Å². The van der Waals surface area contributed by atoms with Gasteiger partial charge >= 0.3 is 0 Å². The lowest BCUT2D eigenvalue weighted by Gasteiger charge is -2.19. The van der Waals surface area contributed by atoms with E-state index in [0.717, 1.165) is 35.6 Å². The minimum atomic E-state index is 0.615. The van der Waals surface area contributed by atoms with Crippen LogP contribution in [0.2, 0.25) is 0 Å². The number of rotatable bonds is 6. The number of benzene rings is 1. The van der Waals surface area contributed by atoms with Gasteiger partial charge in [-0.1, -0.05) is 61.9 Å². The summed E-state index contributed by atoms with van der Waals surface area (Å²) in [5.41, 5.74) is 1.78. The summed E-state index contributed by atoms with van der Waals surface area (Å²) >= 11 is 1.46. The van der Waals surface area contributed by atoms with Gasteiger partial charge in [-0.25, -0.2) is 4.98 Å². The largest absolute Gasteiger partial charge is 0.351 e. The first kappa shape index (κ1) is 14.7. The van der Waals surface area contributed by atoms with Crippen LogP contribution >= 0.6 is 11.3 Å². The van der Waals surface area contributed by atoms with Crippen molar-refractivity contribution in [2.75, 3.05) is 18.5 Å². The highest BCUT2D eigenvalue weighted by atomic mass is 32.1. The summed E-state index contributed by atoms with van der Waals surface area (Å²) in [4.78, 5) is 18.8. The second-order valence-electron chi connectivity index (χ2n) is 5.09. The summed E-state index contributed by atoms with van der Waals surface area (Å²) in [5, 5.41) is 0.909. The van der Waals surface area contributed by atoms with Gasteiger partial charge in [0, 0.05) is 19.2 Å². The molecule has 1 aromatic carbocycles. The smallest absolute Gasteiger partial charge is 0.186 e. The summed E-state index contributed by atoms with van der Waals surface area (Å²) in [6.45, 7) is 5.37. The minimum absolute atomic E-state index is 0.615. The van der Waals surface area contributed by atoms with E-state index < -0.39 is 0 Å². The molecule has 0 aliphatic carbocycles. The molecule has 0 saturated heterocycles. The molecule has 1 atom stereocenters. The highest BCUT2D eigenvalue weighted by Gasteiger charge is 2.16. The van der Waals surface area contributed by atoms with Crippen LogP contribution in [0, 0.1) is 5.92 Å². The molecule has 106 valence electrons. The topological polar surface area (TPSA) is 33.2 Å². The monoisotopic (exact) mass is 288 g/mol. The van der Waals surface area contributed by atoms with Crippen LogP contribution in [0.15, 0.2) is 30.3 Å². The second-order valence-corrected chi connectivity index (χ2v) is 6.10. The molecule has 3 nitrogen and oxygen atoms in total. The molecule has 0 spiro atoms. The van der Waals surface area contributed by atoms with Crippen molar-refractivity contribution in [2.24, 2.45) is 5.92 Å². The molecule has 0 aliphatic rings. The number of carbonyl (C=O) groups excluding carboxylic acids is 1. The van der Waals surface area contributed by atoms with Crippen molar-refractivity contribution < 1.29 is 4.79 Å². The van der Waals surface area contributed by atoms with E-state index in [1.807, 2.05) is 37.4 Å². The summed E-state index contributed by atoms with van der Waals surface area (Å²) in [5.74, 6) is 0.615. The van der Waals surface area contributed by atoms with Crippen LogP contribution in [0.5, 0.6) is 0 Å². The van der Waals surface area contributed by atoms with Gasteiger partial charge in [-0.2, -0.15) is 0 Å². The zero-order valence-electron chi connectivity index (χ0n) is 12.2. The van der Waals surface area contributed by atoms with Crippen molar-refractivity contribution in [3.8, 4) is 11.3 Å². The summed E-state index contributed by atoms with van der Waals surface area (Å²) in [6.07, 6.45) is 2.04. The number of aldehydes is 1. The minimum Gasteiger partial charge on any atom is -0.351 e. The molecular formula is C16H20N2OS. The van der Waals surface area contributed by atoms with Gasteiger partial charge in [-0.05, 0) is 5.92 Å². The van der Waals surface area contributed by atoms with Crippen molar-refractivity contribution in [3.63, 3.8) is 0 Å². The third kappa shape index (κ3) is 3.25. The van der Waals surface area contributed by atoms with E-state index in [1.165, 1.54) is 11.3 Å². The quantitative estimate of drug-likeness (QED) is 0.750. The SMILES string of the molecule is CCC(C)CN(C)c1nc(-c2ccccc2)c(C=O)s1. The molecule has 1 unspecified atom stereocenters. The zero-order chi connectivity index (χ0) is 14.5. The molecule has 2 aromatic rings. The number of anilines is 1. The van der Waals surface area contributed by atoms with E-state index in [0.29, 0.717) is 10.8 Å². The van der Waals surface area contributed by atoms with Gasteiger partial charge in [0.25, 0.3) is 0 Å². The van der Waals surface area contributed by atoms with Gasteiger partial charge in [0.05, 0.1) is 10.6 Å². The Morgan fingerprint density at radius 1 is 1.35 bits per heavy atom. The number of hydrogen-bond donors (Lipinski definition) is 0. The maximum Gasteiger partial charge on any atom is 0.186 e. The van der Waals surface area contributed by atoms with Crippen molar-refractivity contribution in [1.29, 1.82) is 0 Å². The van der Waals surface area contributed by atoms with E-state index >= 15 is 0 Å². The lowest BCUT2D eigenvalue weighted by atomic mass is 10.1. The Kier molecular flexibility index (Phi) is 4.90. The van der Waals surface area contributed by atoms with E-state index in [1.54, 1.807) is 0 Å². The van der Waals surface area contributed by atoms with Crippen molar-refractivity contribution in [1.82, 2.24) is 4.98 Å². The van der Waals surface area contributed by atoms with Gasteiger partial charge in [-0.3, -0.25) is 4.79 Å². The van der Waals surface area contributed by atoms with E-state index in [-0.39, 0.29) is 0 Å². The third-order valence-corrected chi connectivity index (χ3v) is 4.50. The fourth-order valence-corrected chi connectivity index (χ4v) is 2.91. The summed E-state index contributed by atoms with van der Waals surface area (Å²) in [7, 11) is 2.04. The predicted octanol–water partition coefficient (Wildman–Crippen LogP) is 4.10. The fraction of sp³-hybridized carbons (Fsp3) is 0.375. The molecular weight excluding hydrogens is 268 g/mol. The van der Waals surface area contributed by atoms with Gasteiger partial charge in [-0.15, -0.1) is 0 Å². The molecule has 20 heavy (non-hydrogen) atoms. The lowest BCUT2D eigenvalue weighted by Crippen LogP contribution is -2.23. The molecule has 0 radical (unpaired) electrons. The Labute approximate surface area is 124 Å². The van der Waals surface area contributed by atoms with Gasteiger partial charge in [0.1, 0.15) is 0 Å². The highest BCUT2D eigenvalue weighted by Crippen LogP contribution is 2.31. The lowest BCUT2D eigenvalue weighted by molar-refractivity contribution is 0.112. The number of thiazole rings is 1. The second kappa shape index (κ2) is 6.66. The van der Waals surface area contributed by atoms with Gasteiger partial charge in [0.15, 0.2) is 11.4 Å². The molecule has 0 N–H and O–H groups in total. The van der Waals surface area contributed by atoms with E-state index in [9.17, 15) is 4.79 Å². The summed E-state index contributed by atoms with van der Waals surface area (Å²) < 4.78 is 0. The van der Waals surface area contributed by atoms with Gasteiger partial charge in [0.2, 0.25) is 0 Å². The Hall–Kier alpha value is -1.68. The molecule has 1 aromatic heterocycles. The number of nitrogens with zero attached hydrogens (tertiary/aromatic N) is 2. The normalized spacial score (nSPS) is 12.2. The van der Waals surface area contributed by atoms with Crippen LogP contribution in [0.1, 0.15) is 29.9 Å². The number of hydrogen-bond acceptors (Lipinski definition) is 4. The third-order valence-electron chi connectivity index (χ3n) is 3.41. The van der Waals surface area contributed by atoms with Crippen molar-refractivity contribution in [3.05, 3.63) is 35.2 Å². The zero-order valence-corrected chi connectivity index (χ0v) is 13.0. The van der Waals surface area contributed by atoms with Crippen molar-refractivity contribution >= 4 is 22.8 Å². The molecule has 2 rings (SSSR count). The number of aromatic nitrogens is 1. The van der Waals surface area contributed by atoms with Crippen molar-refractivity contribution in [2.45, 2.75) is 20.3 Å². The van der Waals surface area contributed by atoms with Crippen LogP contribution in [0.3, 0.4) is 0 Å². The molecule has 1 heterocycles. The Bertz CT molecular complexity index is 565. The Balaban J connectivity index is 2.29. The first-order chi connectivity index (χ1) is 9.65. The molecule has 0 saturated carbocycles. The van der Waals surface area contributed by atoms with Crippen LogP contribution in [-0.2, 0) is 0 Å². The van der Waals surface area contributed by atoms with E-state index in [4.69, 9.17) is 0 Å². The molecule has 0 fully saturated rings. The van der Waals surface area contributed by atoms with Gasteiger partial charge < -0.3 is 4.90 Å². The molecule has 0 amide bonds. The van der Waals surface area contributed by atoms with Crippen LogP contribution in [0.4, 0.5) is 5.13 Å². The van der Waals surface area contributed by atoms with E-state index in [2.05, 4.69) is 23.7 Å². The predicted molar refractivity (Wildman–Crippen MR) is 85.7 cm³/mol. The Morgan fingerprint density at radius 3 is 2.65 bits per heavy atom. The summed E-state index contributed by atoms with van der Waals surface area (Å²) in [6, 6.07) is 9.87. The van der Waals surface area contributed by atoms with Crippen LogP contribution < -0.4 is 4.90 Å². The number of carbonyl (C=O) groups is 1.